The van der Waals surface area contributed by atoms with Gasteiger partial charge in [0.25, 0.3) is 0 Å². The maximum atomic E-state index is 11.0. The summed E-state index contributed by atoms with van der Waals surface area (Å²) >= 11 is 0. The molecule has 0 spiro atoms. The fraction of sp³-hybridized carbons (Fsp3) is 0.588. The molecule has 0 aliphatic heterocycles. The highest BCUT2D eigenvalue weighted by atomic mass is 16.4. The summed E-state index contributed by atoms with van der Waals surface area (Å²) < 4.78 is 0. The molecule has 2 fully saturated rings. The fourth-order valence-corrected chi connectivity index (χ4v) is 6.34. The minimum absolute atomic E-state index is 0.114. The second kappa shape index (κ2) is 17.3. The first-order valence-corrected chi connectivity index (χ1v) is 15.4. The average Bonchev–Trinajstić information content (AvgIpc) is 2.97. The minimum atomic E-state index is -1.82. The zero-order valence-corrected chi connectivity index (χ0v) is 26.7. The number of rotatable bonds is 8. The molecule has 0 saturated heterocycles. The van der Waals surface area contributed by atoms with Crippen LogP contribution in [0.25, 0.3) is 0 Å². The SMILES string of the molecule is CN(C)CC(c1ccc(O)cc1)C1(O)CCCCC1.CN(C)CC(c1ccc(O)cc1)C1(O)CCCCC1.O=C(O)C(=O)O. The first-order chi connectivity index (χ1) is 20.7. The Morgan fingerprint density at radius 3 is 1.09 bits per heavy atom. The molecular weight excluding hydrogens is 564 g/mol. The number of benzene rings is 2. The van der Waals surface area contributed by atoms with Gasteiger partial charge in [-0.25, -0.2) is 9.59 Å². The quantitative estimate of drug-likeness (QED) is 0.231. The topological polar surface area (TPSA) is 162 Å². The van der Waals surface area contributed by atoms with Crippen LogP contribution in [0, 0.1) is 0 Å². The first-order valence-electron chi connectivity index (χ1n) is 15.4. The summed E-state index contributed by atoms with van der Waals surface area (Å²) in [6, 6.07) is 14.6. The Morgan fingerprint density at radius 2 is 0.864 bits per heavy atom. The summed E-state index contributed by atoms with van der Waals surface area (Å²) in [4.78, 5) is 22.5. The molecule has 4 rings (SSSR count). The maximum absolute atomic E-state index is 11.0. The summed E-state index contributed by atoms with van der Waals surface area (Å²) in [5.41, 5.74) is 1.05. The van der Waals surface area contributed by atoms with E-state index in [0.29, 0.717) is 0 Å². The van der Waals surface area contributed by atoms with Gasteiger partial charge in [0.2, 0.25) is 0 Å². The van der Waals surface area contributed by atoms with Crippen molar-refractivity contribution in [1.82, 2.24) is 9.80 Å². The number of nitrogens with zero attached hydrogens (tertiary/aromatic N) is 2. The predicted molar refractivity (Wildman–Crippen MR) is 170 cm³/mol. The van der Waals surface area contributed by atoms with E-state index in [1.54, 1.807) is 24.3 Å². The normalized spacial score (nSPS) is 18.6. The van der Waals surface area contributed by atoms with Crippen molar-refractivity contribution >= 4 is 11.9 Å². The monoisotopic (exact) mass is 616 g/mol. The summed E-state index contributed by atoms with van der Waals surface area (Å²) in [5, 5.41) is 55.7. The average molecular weight is 617 g/mol. The van der Waals surface area contributed by atoms with E-state index < -0.39 is 23.1 Å². The van der Waals surface area contributed by atoms with Gasteiger partial charge in [-0.15, -0.1) is 0 Å². The van der Waals surface area contributed by atoms with E-state index in [9.17, 15) is 20.4 Å². The van der Waals surface area contributed by atoms with Crippen molar-refractivity contribution in [1.29, 1.82) is 0 Å². The molecule has 2 aromatic rings. The molecule has 2 unspecified atom stereocenters. The molecular formula is C34H52N2O8. The van der Waals surface area contributed by atoms with E-state index in [2.05, 4.69) is 9.80 Å². The van der Waals surface area contributed by atoms with Gasteiger partial charge in [0.05, 0.1) is 11.2 Å². The third-order valence-electron chi connectivity index (χ3n) is 8.61. The van der Waals surface area contributed by atoms with E-state index in [1.807, 2.05) is 52.5 Å². The molecule has 2 aromatic carbocycles. The van der Waals surface area contributed by atoms with Crippen molar-refractivity contribution in [3.63, 3.8) is 0 Å². The van der Waals surface area contributed by atoms with Crippen LogP contribution in [-0.4, -0.2) is 105 Å². The number of aliphatic carboxylic acids is 2. The highest BCUT2D eigenvalue weighted by Crippen LogP contribution is 2.41. The van der Waals surface area contributed by atoms with Crippen LogP contribution < -0.4 is 0 Å². The highest BCUT2D eigenvalue weighted by molar-refractivity contribution is 6.27. The fourth-order valence-electron chi connectivity index (χ4n) is 6.34. The van der Waals surface area contributed by atoms with Crippen LogP contribution in [0.3, 0.4) is 0 Å². The van der Waals surface area contributed by atoms with E-state index in [0.717, 1.165) is 75.6 Å². The van der Waals surface area contributed by atoms with Crippen LogP contribution in [0.4, 0.5) is 0 Å². The van der Waals surface area contributed by atoms with Gasteiger partial charge in [-0.05, 0) is 89.3 Å². The number of carboxylic acid groups (broad SMARTS) is 2. The zero-order chi connectivity index (χ0) is 32.9. The molecule has 2 atom stereocenters. The van der Waals surface area contributed by atoms with Gasteiger partial charge in [-0.3, -0.25) is 0 Å². The molecule has 0 bridgehead atoms. The van der Waals surface area contributed by atoms with Crippen molar-refractivity contribution in [3.8, 4) is 11.5 Å². The van der Waals surface area contributed by atoms with Crippen molar-refractivity contribution in [2.45, 2.75) is 87.2 Å². The van der Waals surface area contributed by atoms with Gasteiger partial charge in [0.1, 0.15) is 11.5 Å². The smallest absolute Gasteiger partial charge is 0.414 e. The molecule has 0 radical (unpaired) electrons. The molecule has 10 nitrogen and oxygen atoms in total. The lowest BCUT2D eigenvalue weighted by Crippen LogP contribution is -2.42. The second-order valence-corrected chi connectivity index (χ2v) is 12.8. The van der Waals surface area contributed by atoms with E-state index in [1.165, 1.54) is 12.8 Å². The van der Waals surface area contributed by atoms with Crippen LogP contribution >= 0.6 is 0 Å². The highest BCUT2D eigenvalue weighted by Gasteiger charge is 2.40. The molecule has 44 heavy (non-hydrogen) atoms. The molecule has 2 aliphatic rings. The number of hydrogen-bond acceptors (Lipinski definition) is 8. The van der Waals surface area contributed by atoms with Gasteiger partial charge in [0, 0.05) is 24.9 Å². The van der Waals surface area contributed by atoms with Gasteiger partial charge in [0.15, 0.2) is 0 Å². The van der Waals surface area contributed by atoms with Gasteiger partial charge in [-0.2, -0.15) is 0 Å². The minimum Gasteiger partial charge on any atom is -0.508 e. The van der Waals surface area contributed by atoms with Crippen LogP contribution in [-0.2, 0) is 9.59 Å². The number of carbonyl (C=O) groups is 2. The van der Waals surface area contributed by atoms with Crippen LogP contribution in [0.15, 0.2) is 48.5 Å². The molecule has 0 aromatic heterocycles. The van der Waals surface area contributed by atoms with Gasteiger partial charge in [-0.1, -0.05) is 62.8 Å². The number of phenolic OH excluding ortho intramolecular Hbond substituents is 2. The molecule has 10 heteroatoms. The third kappa shape index (κ3) is 11.7. The Labute approximate surface area is 261 Å². The lowest BCUT2D eigenvalue weighted by molar-refractivity contribution is -0.159. The summed E-state index contributed by atoms with van der Waals surface area (Å²) in [6.45, 7) is 1.67. The number of hydrogen-bond donors (Lipinski definition) is 6. The number of carboxylic acids is 2. The van der Waals surface area contributed by atoms with Crippen LogP contribution in [0.5, 0.6) is 11.5 Å². The van der Waals surface area contributed by atoms with E-state index >= 15 is 0 Å². The van der Waals surface area contributed by atoms with E-state index in [4.69, 9.17) is 19.8 Å². The molecule has 0 heterocycles. The number of phenols is 2. The van der Waals surface area contributed by atoms with Crippen molar-refractivity contribution in [2.75, 3.05) is 41.3 Å². The summed E-state index contributed by atoms with van der Waals surface area (Å²) in [7, 11) is 8.17. The Balaban J connectivity index is 0.000000260. The molecule has 2 saturated carbocycles. The Bertz CT molecular complexity index is 1050. The molecule has 6 N–H and O–H groups in total. The van der Waals surface area contributed by atoms with E-state index in [-0.39, 0.29) is 23.3 Å². The Kier molecular flexibility index (Phi) is 14.6. The van der Waals surface area contributed by atoms with Gasteiger partial charge >= 0.3 is 11.9 Å². The zero-order valence-electron chi connectivity index (χ0n) is 26.7. The summed E-state index contributed by atoms with van der Waals surface area (Å²) in [5.74, 6) is -2.86. The number of aliphatic hydroxyl groups is 2. The molecule has 2 aliphatic carbocycles. The van der Waals surface area contributed by atoms with Gasteiger partial charge < -0.3 is 40.4 Å². The van der Waals surface area contributed by atoms with Crippen LogP contribution in [0.2, 0.25) is 0 Å². The molecule has 0 amide bonds. The largest absolute Gasteiger partial charge is 0.508 e. The van der Waals surface area contributed by atoms with Crippen molar-refractivity contribution in [2.24, 2.45) is 0 Å². The van der Waals surface area contributed by atoms with Crippen molar-refractivity contribution < 1.29 is 40.2 Å². The maximum Gasteiger partial charge on any atom is 0.414 e. The predicted octanol–water partition coefficient (Wildman–Crippen LogP) is 4.62. The van der Waals surface area contributed by atoms with Crippen LogP contribution in [0.1, 0.15) is 87.2 Å². The lowest BCUT2D eigenvalue weighted by Gasteiger charge is -2.40. The Morgan fingerprint density at radius 1 is 0.591 bits per heavy atom. The number of aromatic hydroxyl groups is 2. The third-order valence-corrected chi connectivity index (χ3v) is 8.61. The van der Waals surface area contributed by atoms with Crippen molar-refractivity contribution in [3.05, 3.63) is 59.7 Å². The standard InChI is InChI=1S/2C16H25NO2.C2H2O4/c2*1-17(2)12-15(13-6-8-14(18)9-7-13)16(19)10-4-3-5-11-16;3-1(4)2(5)6/h2*6-9,15,18-19H,3-5,10-12H2,1-2H3;(H,3,4)(H,5,6). The molecule has 246 valence electrons. The summed E-state index contributed by atoms with van der Waals surface area (Å²) in [6.07, 6.45) is 10.4. The Hall–Kier alpha value is -3.18. The first kappa shape index (κ1) is 37.0. The lowest BCUT2D eigenvalue weighted by atomic mass is 9.72. The second-order valence-electron chi connectivity index (χ2n) is 12.8. The number of likely N-dealkylation sites (N-methyl/N-ethyl adjacent to an activating group) is 2.